The van der Waals surface area contributed by atoms with Gasteiger partial charge in [0.2, 0.25) is 5.91 Å². The molecule has 0 aliphatic heterocycles. The summed E-state index contributed by atoms with van der Waals surface area (Å²) in [6.45, 7) is 0. The van der Waals surface area contributed by atoms with Gasteiger partial charge in [0.15, 0.2) is 0 Å². The molecule has 1 amide bonds. The standard InChI is InChI=1S/C16H22N2OS/c1-20-15-8-3-2-7-14(15)18-16(19)10-9-12-5-4-6-13(17)11-12/h4-6,9-11,14-15H,2-3,7-8,17H2,1H3,(H,18,19)/b10-9+. The number of carbonyl (C=O) groups is 1. The van der Waals surface area contributed by atoms with E-state index in [1.165, 1.54) is 19.3 Å². The fourth-order valence-corrected chi connectivity index (χ4v) is 3.54. The Balaban J connectivity index is 1.91. The lowest BCUT2D eigenvalue weighted by Gasteiger charge is -2.30. The highest BCUT2D eigenvalue weighted by molar-refractivity contribution is 7.99. The molecule has 2 unspecified atom stereocenters. The maximum absolute atomic E-state index is 12.0. The molecule has 1 saturated carbocycles. The van der Waals surface area contributed by atoms with Gasteiger partial charge in [-0.2, -0.15) is 11.8 Å². The van der Waals surface area contributed by atoms with E-state index in [0.29, 0.717) is 17.0 Å². The van der Waals surface area contributed by atoms with Crippen molar-refractivity contribution in [3.63, 3.8) is 0 Å². The summed E-state index contributed by atoms with van der Waals surface area (Å²) in [5, 5.41) is 3.68. The third-order valence-electron chi connectivity index (χ3n) is 3.67. The first-order chi connectivity index (χ1) is 9.69. The molecule has 0 heterocycles. The van der Waals surface area contributed by atoms with E-state index in [2.05, 4.69) is 11.6 Å². The highest BCUT2D eigenvalue weighted by atomic mass is 32.2. The minimum atomic E-state index is -0.0154. The van der Waals surface area contributed by atoms with Crippen molar-refractivity contribution in [2.45, 2.75) is 37.0 Å². The Morgan fingerprint density at radius 1 is 1.40 bits per heavy atom. The van der Waals surface area contributed by atoms with Crippen LogP contribution in [0.4, 0.5) is 5.69 Å². The third kappa shape index (κ3) is 4.30. The van der Waals surface area contributed by atoms with E-state index in [-0.39, 0.29) is 5.91 Å². The number of carbonyl (C=O) groups excluding carboxylic acids is 1. The molecule has 1 aliphatic rings. The number of rotatable bonds is 4. The second-order valence-corrected chi connectivity index (χ2v) is 6.25. The predicted octanol–water partition coefficient (Wildman–Crippen LogP) is 3.07. The van der Waals surface area contributed by atoms with E-state index in [9.17, 15) is 4.79 Å². The van der Waals surface area contributed by atoms with Crippen LogP contribution >= 0.6 is 11.8 Å². The van der Waals surface area contributed by atoms with Gasteiger partial charge in [-0.05, 0) is 42.9 Å². The first kappa shape index (κ1) is 15.0. The molecular formula is C16H22N2OS. The maximum atomic E-state index is 12.0. The average Bonchev–Trinajstić information content (AvgIpc) is 2.46. The summed E-state index contributed by atoms with van der Waals surface area (Å²) in [7, 11) is 0. The SMILES string of the molecule is CSC1CCCCC1NC(=O)/C=C/c1cccc(N)c1. The Kier molecular flexibility index (Phi) is 5.53. The van der Waals surface area contributed by atoms with Gasteiger partial charge in [0.25, 0.3) is 0 Å². The van der Waals surface area contributed by atoms with Crippen LogP contribution in [0.2, 0.25) is 0 Å². The number of benzene rings is 1. The lowest BCUT2D eigenvalue weighted by atomic mass is 9.95. The highest BCUT2D eigenvalue weighted by Gasteiger charge is 2.24. The summed E-state index contributed by atoms with van der Waals surface area (Å²) in [6.07, 6.45) is 10.3. The van der Waals surface area contributed by atoms with E-state index in [1.807, 2.05) is 42.1 Å². The van der Waals surface area contributed by atoms with Crippen LogP contribution in [-0.4, -0.2) is 23.5 Å². The van der Waals surface area contributed by atoms with Crippen molar-refractivity contribution in [2.75, 3.05) is 12.0 Å². The number of nitrogens with two attached hydrogens (primary N) is 1. The molecule has 0 saturated heterocycles. The van der Waals surface area contributed by atoms with Crippen LogP contribution in [0.25, 0.3) is 6.08 Å². The van der Waals surface area contributed by atoms with E-state index in [0.717, 1.165) is 12.0 Å². The van der Waals surface area contributed by atoms with E-state index in [4.69, 9.17) is 5.73 Å². The first-order valence-electron chi connectivity index (χ1n) is 7.06. The van der Waals surface area contributed by atoms with Crippen LogP contribution in [0.15, 0.2) is 30.3 Å². The molecule has 1 aromatic carbocycles. The Morgan fingerprint density at radius 3 is 2.95 bits per heavy atom. The topological polar surface area (TPSA) is 55.1 Å². The van der Waals surface area contributed by atoms with Gasteiger partial charge in [0.05, 0.1) is 0 Å². The quantitative estimate of drug-likeness (QED) is 0.662. The molecule has 4 heteroatoms. The first-order valence-corrected chi connectivity index (χ1v) is 8.35. The van der Waals surface area contributed by atoms with Gasteiger partial charge in [0.1, 0.15) is 0 Å². The Morgan fingerprint density at radius 2 is 2.20 bits per heavy atom. The van der Waals surface area contributed by atoms with Gasteiger partial charge in [-0.25, -0.2) is 0 Å². The molecule has 0 aromatic heterocycles. The number of amides is 1. The molecule has 3 nitrogen and oxygen atoms in total. The summed E-state index contributed by atoms with van der Waals surface area (Å²) in [4.78, 5) is 12.0. The molecule has 2 rings (SSSR count). The molecule has 0 bridgehead atoms. The number of hydrogen-bond donors (Lipinski definition) is 2. The number of nitrogens with one attached hydrogen (secondary N) is 1. The smallest absolute Gasteiger partial charge is 0.244 e. The zero-order valence-corrected chi connectivity index (χ0v) is 12.7. The summed E-state index contributed by atoms with van der Waals surface area (Å²) in [6, 6.07) is 7.82. The second kappa shape index (κ2) is 7.39. The predicted molar refractivity (Wildman–Crippen MR) is 87.6 cm³/mol. The molecule has 1 aliphatic carbocycles. The maximum Gasteiger partial charge on any atom is 0.244 e. The Bertz CT molecular complexity index is 487. The molecule has 1 fully saturated rings. The molecule has 3 N–H and O–H groups in total. The van der Waals surface area contributed by atoms with Gasteiger partial charge in [-0.15, -0.1) is 0 Å². The van der Waals surface area contributed by atoms with Gasteiger partial charge < -0.3 is 11.1 Å². The molecule has 108 valence electrons. The number of thioether (sulfide) groups is 1. The summed E-state index contributed by atoms with van der Waals surface area (Å²) in [5.74, 6) is -0.0154. The highest BCUT2D eigenvalue weighted by Crippen LogP contribution is 2.27. The second-order valence-electron chi connectivity index (χ2n) is 5.18. The van der Waals surface area contributed by atoms with Crippen LogP contribution in [0.3, 0.4) is 0 Å². The molecule has 2 atom stereocenters. The number of anilines is 1. The van der Waals surface area contributed by atoms with Crippen molar-refractivity contribution in [3.05, 3.63) is 35.9 Å². The summed E-state index contributed by atoms with van der Waals surface area (Å²) in [5.41, 5.74) is 7.37. The average molecular weight is 290 g/mol. The third-order valence-corrected chi connectivity index (χ3v) is 4.84. The molecular weight excluding hydrogens is 268 g/mol. The molecule has 20 heavy (non-hydrogen) atoms. The van der Waals surface area contributed by atoms with Gasteiger partial charge >= 0.3 is 0 Å². The van der Waals surface area contributed by atoms with Crippen LogP contribution in [-0.2, 0) is 4.79 Å². The minimum Gasteiger partial charge on any atom is -0.399 e. The number of nitrogen functional groups attached to an aromatic ring is 1. The lowest BCUT2D eigenvalue weighted by molar-refractivity contribution is -0.117. The lowest BCUT2D eigenvalue weighted by Crippen LogP contribution is -2.43. The Hall–Kier alpha value is -1.42. The summed E-state index contributed by atoms with van der Waals surface area (Å²) < 4.78 is 0. The van der Waals surface area contributed by atoms with Gasteiger partial charge in [-0.1, -0.05) is 25.0 Å². The fourth-order valence-electron chi connectivity index (χ4n) is 2.61. The van der Waals surface area contributed by atoms with Crippen LogP contribution < -0.4 is 11.1 Å². The van der Waals surface area contributed by atoms with E-state index in [1.54, 1.807) is 6.08 Å². The van der Waals surface area contributed by atoms with Crippen LogP contribution in [0, 0.1) is 0 Å². The van der Waals surface area contributed by atoms with Gasteiger partial charge in [-0.3, -0.25) is 4.79 Å². The monoisotopic (exact) mass is 290 g/mol. The summed E-state index contributed by atoms with van der Waals surface area (Å²) >= 11 is 1.86. The van der Waals surface area contributed by atoms with Crippen molar-refractivity contribution in [1.29, 1.82) is 0 Å². The molecule has 0 spiro atoms. The van der Waals surface area contributed by atoms with Crippen molar-refractivity contribution >= 4 is 29.4 Å². The van der Waals surface area contributed by atoms with Crippen molar-refractivity contribution < 1.29 is 4.79 Å². The zero-order chi connectivity index (χ0) is 14.4. The van der Waals surface area contributed by atoms with Crippen LogP contribution in [0.5, 0.6) is 0 Å². The van der Waals surface area contributed by atoms with Crippen molar-refractivity contribution in [2.24, 2.45) is 0 Å². The minimum absolute atomic E-state index is 0.0154. The van der Waals surface area contributed by atoms with Crippen LogP contribution in [0.1, 0.15) is 31.2 Å². The normalized spacial score (nSPS) is 22.9. The zero-order valence-electron chi connectivity index (χ0n) is 11.8. The fraction of sp³-hybridized carbons (Fsp3) is 0.438. The van der Waals surface area contributed by atoms with Crippen molar-refractivity contribution in [3.8, 4) is 0 Å². The Labute approximate surface area is 125 Å². The molecule has 0 radical (unpaired) electrons. The molecule has 1 aromatic rings. The van der Waals surface area contributed by atoms with E-state index >= 15 is 0 Å². The van der Waals surface area contributed by atoms with Crippen molar-refractivity contribution in [1.82, 2.24) is 5.32 Å². The van der Waals surface area contributed by atoms with Gasteiger partial charge in [0, 0.05) is 23.1 Å². The largest absolute Gasteiger partial charge is 0.399 e. The number of hydrogen-bond acceptors (Lipinski definition) is 3. The van der Waals surface area contributed by atoms with E-state index < -0.39 is 0 Å².